The summed E-state index contributed by atoms with van der Waals surface area (Å²) in [4.78, 5) is 0. The summed E-state index contributed by atoms with van der Waals surface area (Å²) < 4.78 is 7.57. The van der Waals surface area contributed by atoms with Crippen molar-refractivity contribution in [1.82, 2.24) is 0 Å². The minimum absolute atomic E-state index is 0.0313. The Morgan fingerprint density at radius 3 is 2.64 bits per heavy atom. The van der Waals surface area contributed by atoms with Crippen molar-refractivity contribution in [3.05, 3.63) is 32.4 Å². The van der Waals surface area contributed by atoms with Crippen molar-refractivity contribution in [1.29, 1.82) is 0 Å². The van der Waals surface area contributed by atoms with Crippen molar-refractivity contribution in [2.24, 2.45) is 5.92 Å². The van der Waals surface area contributed by atoms with Gasteiger partial charge in [-0.05, 0) is 79.7 Å². The molecule has 3 rings (SSSR count). The van der Waals surface area contributed by atoms with E-state index in [-0.39, 0.29) is 11.0 Å². The molecule has 0 aromatic heterocycles. The van der Waals surface area contributed by atoms with Crippen LogP contribution in [0.4, 0.5) is 0 Å². The molecule has 0 bridgehead atoms. The smallest absolute Gasteiger partial charge is 0.136 e. The number of benzene rings is 1. The van der Waals surface area contributed by atoms with Crippen molar-refractivity contribution in [3.63, 3.8) is 0 Å². The molecule has 0 spiro atoms. The van der Waals surface area contributed by atoms with Crippen LogP contribution in [-0.4, -0.2) is 10.7 Å². The molecule has 2 atom stereocenters. The highest BCUT2D eigenvalue weighted by molar-refractivity contribution is 14.1. The molecule has 28 heavy (non-hydrogen) atoms. The van der Waals surface area contributed by atoms with E-state index in [9.17, 15) is 5.11 Å². The van der Waals surface area contributed by atoms with Crippen LogP contribution in [0, 0.1) is 9.49 Å². The predicted octanol–water partition coefficient (Wildman–Crippen LogP) is 7.86. The van der Waals surface area contributed by atoms with Crippen LogP contribution >= 0.6 is 22.6 Å². The Morgan fingerprint density at radius 1 is 1.25 bits per heavy atom. The summed E-state index contributed by atoms with van der Waals surface area (Å²) in [5.41, 5.74) is 3.53. The second-order valence-electron chi connectivity index (χ2n) is 10.1. The number of allylic oxidation sites excluding steroid dienone is 2. The van der Waals surface area contributed by atoms with Gasteiger partial charge in [-0.15, -0.1) is 0 Å². The zero-order valence-corrected chi connectivity index (χ0v) is 20.7. The molecule has 1 aromatic rings. The Kier molecular flexibility index (Phi) is 6.44. The zero-order valence-electron chi connectivity index (χ0n) is 18.5. The highest BCUT2D eigenvalue weighted by Crippen LogP contribution is 2.56. The summed E-state index contributed by atoms with van der Waals surface area (Å²) in [5, 5.41) is 11.3. The maximum atomic E-state index is 11.3. The standard InChI is InChI=1S/C25H37IO2/c1-7-8-9-10-13-24(3,4)19-15-20-21(23(27)22(19)26)17-14-16(2)11-12-18(17)25(5,6)28-20/h11,15,17-18,27H,7-10,12-14H2,1-6H3/t17-,18-/m1/s1. The van der Waals surface area contributed by atoms with Crippen LogP contribution in [0.5, 0.6) is 11.5 Å². The topological polar surface area (TPSA) is 29.5 Å². The average Bonchev–Trinajstić information content (AvgIpc) is 2.60. The van der Waals surface area contributed by atoms with Gasteiger partial charge in [-0.1, -0.05) is 58.1 Å². The first-order chi connectivity index (χ1) is 13.1. The third kappa shape index (κ3) is 4.11. The van der Waals surface area contributed by atoms with Crippen LogP contribution in [0.15, 0.2) is 17.7 Å². The van der Waals surface area contributed by atoms with Gasteiger partial charge in [0.05, 0.1) is 3.57 Å². The van der Waals surface area contributed by atoms with Crippen LogP contribution < -0.4 is 4.74 Å². The van der Waals surface area contributed by atoms with Gasteiger partial charge in [0.2, 0.25) is 0 Å². The van der Waals surface area contributed by atoms with E-state index in [0.29, 0.717) is 17.6 Å². The van der Waals surface area contributed by atoms with E-state index in [4.69, 9.17) is 4.74 Å². The van der Waals surface area contributed by atoms with Gasteiger partial charge in [-0.25, -0.2) is 0 Å². The molecule has 0 unspecified atom stereocenters. The lowest BCUT2D eigenvalue weighted by molar-refractivity contribution is 0.00733. The quantitative estimate of drug-likeness (QED) is 0.247. The summed E-state index contributed by atoms with van der Waals surface area (Å²) in [6, 6.07) is 2.25. The molecule has 3 heteroatoms. The van der Waals surface area contributed by atoms with Crippen LogP contribution in [0.25, 0.3) is 0 Å². The third-order valence-electron chi connectivity index (χ3n) is 7.01. The Labute approximate surface area is 185 Å². The second-order valence-corrected chi connectivity index (χ2v) is 11.2. The van der Waals surface area contributed by atoms with Gasteiger partial charge in [0.1, 0.15) is 17.1 Å². The number of hydrogen-bond acceptors (Lipinski definition) is 2. The largest absolute Gasteiger partial charge is 0.506 e. The molecule has 0 radical (unpaired) electrons. The molecule has 0 amide bonds. The van der Waals surface area contributed by atoms with E-state index in [1.807, 2.05) is 0 Å². The highest BCUT2D eigenvalue weighted by Gasteiger charge is 2.46. The molecule has 0 saturated carbocycles. The number of phenolic OH excluding ortho intramolecular Hbond substituents is 1. The molecule has 1 aliphatic heterocycles. The average molecular weight is 496 g/mol. The lowest BCUT2D eigenvalue weighted by atomic mass is 9.66. The number of halogens is 1. The van der Waals surface area contributed by atoms with Crippen LogP contribution in [0.1, 0.15) is 104 Å². The van der Waals surface area contributed by atoms with Crippen molar-refractivity contribution in [2.45, 2.75) is 103 Å². The maximum absolute atomic E-state index is 11.3. The number of rotatable bonds is 6. The summed E-state index contributed by atoms with van der Waals surface area (Å²) in [6.07, 6.45) is 10.6. The summed E-state index contributed by atoms with van der Waals surface area (Å²) in [7, 11) is 0. The minimum atomic E-state index is -0.212. The van der Waals surface area contributed by atoms with Gasteiger partial charge in [0.15, 0.2) is 0 Å². The van der Waals surface area contributed by atoms with Gasteiger partial charge in [-0.2, -0.15) is 0 Å². The highest BCUT2D eigenvalue weighted by atomic mass is 127. The van der Waals surface area contributed by atoms with Crippen molar-refractivity contribution >= 4 is 22.6 Å². The van der Waals surface area contributed by atoms with E-state index >= 15 is 0 Å². The molecule has 1 heterocycles. The lowest BCUT2D eigenvalue weighted by Gasteiger charge is -2.47. The first-order valence-electron chi connectivity index (χ1n) is 11.0. The summed E-state index contributed by atoms with van der Waals surface area (Å²) in [5.74, 6) is 2.14. The fraction of sp³-hybridized carbons (Fsp3) is 0.680. The number of ether oxygens (including phenoxy) is 1. The molecule has 0 fully saturated rings. The Morgan fingerprint density at radius 2 is 1.96 bits per heavy atom. The SMILES string of the molecule is CCCCCCC(C)(C)c1cc2c(c(O)c1I)[C@@H]1CC(C)=CC[C@H]1C(C)(C)O2. The Balaban J connectivity index is 2.00. The number of hydrogen-bond donors (Lipinski definition) is 1. The van der Waals surface area contributed by atoms with Crippen LogP contribution in [0.3, 0.4) is 0 Å². The molecule has 2 aliphatic rings. The second kappa shape index (κ2) is 8.20. The molecular weight excluding hydrogens is 459 g/mol. The number of phenols is 1. The number of fused-ring (bicyclic) bond motifs is 3. The van der Waals surface area contributed by atoms with Gasteiger partial charge in [0.25, 0.3) is 0 Å². The predicted molar refractivity (Wildman–Crippen MR) is 127 cm³/mol. The maximum Gasteiger partial charge on any atom is 0.136 e. The van der Waals surface area contributed by atoms with Gasteiger partial charge < -0.3 is 9.84 Å². The monoisotopic (exact) mass is 496 g/mol. The fourth-order valence-electron chi connectivity index (χ4n) is 5.19. The van der Waals surface area contributed by atoms with Gasteiger partial charge in [-0.3, -0.25) is 0 Å². The normalized spacial score (nSPS) is 23.5. The first kappa shape index (κ1) is 22.0. The van der Waals surface area contributed by atoms with Gasteiger partial charge in [0, 0.05) is 17.4 Å². The summed E-state index contributed by atoms with van der Waals surface area (Å²) >= 11 is 2.36. The van der Waals surface area contributed by atoms with Crippen LogP contribution in [0.2, 0.25) is 0 Å². The fourth-order valence-corrected chi connectivity index (χ4v) is 6.37. The van der Waals surface area contributed by atoms with E-state index in [0.717, 1.165) is 34.1 Å². The molecule has 1 aromatic carbocycles. The molecule has 0 saturated heterocycles. The Bertz CT molecular complexity index is 760. The molecule has 156 valence electrons. The van der Waals surface area contributed by atoms with E-state index < -0.39 is 0 Å². The van der Waals surface area contributed by atoms with E-state index in [2.05, 4.69) is 76.3 Å². The molecular formula is C25H37IO2. The Hall–Kier alpha value is -0.710. The van der Waals surface area contributed by atoms with Crippen molar-refractivity contribution in [2.75, 3.05) is 0 Å². The van der Waals surface area contributed by atoms with Gasteiger partial charge >= 0.3 is 0 Å². The van der Waals surface area contributed by atoms with Crippen molar-refractivity contribution < 1.29 is 9.84 Å². The number of aromatic hydroxyl groups is 1. The van der Waals surface area contributed by atoms with E-state index in [1.54, 1.807) is 0 Å². The zero-order chi connectivity index (χ0) is 20.7. The molecule has 1 N–H and O–H groups in total. The van der Waals surface area contributed by atoms with Crippen LogP contribution in [-0.2, 0) is 5.41 Å². The summed E-state index contributed by atoms with van der Waals surface area (Å²) in [6.45, 7) is 13.5. The molecule has 2 nitrogen and oxygen atoms in total. The molecule has 1 aliphatic carbocycles. The first-order valence-corrected chi connectivity index (χ1v) is 12.1. The number of unbranched alkanes of at least 4 members (excludes halogenated alkanes) is 3. The van der Waals surface area contributed by atoms with E-state index in [1.165, 1.54) is 36.8 Å². The third-order valence-corrected chi connectivity index (χ3v) is 8.10. The minimum Gasteiger partial charge on any atom is -0.506 e. The van der Waals surface area contributed by atoms with Crippen molar-refractivity contribution in [3.8, 4) is 11.5 Å². The lowest BCUT2D eigenvalue weighted by Crippen LogP contribution is -2.45.